The molecule has 2 aromatic rings. The molecule has 1 saturated carbocycles. The molecule has 1 atom stereocenters. The van der Waals surface area contributed by atoms with Crippen LogP contribution in [0.1, 0.15) is 62.0 Å². The molecule has 1 aliphatic heterocycles. The van der Waals surface area contributed by atoms with E-state index in [-0.39, 0.29) is 5.54 Å². The number of furan rings is 1. The predicted octanol–water partition coefficient (Wildman–Crippen LogP) is 5.33. The van der Waals surface area contributed by atoms with Crippen molar-refractivity contribution in [1.82, 2.24) is 0 Å². The highest BCUT2D eigenvalue weighted by molar-refractivity contribution is 5.62. The fourth-order valence-electron chi connectivity index (χ4n) is 4.52. The Balaban J connectivity index is 1.89. The van der Waals surface area contributed by atoms with Crippen molar-refractivity contribution in [2.24, 2.45) is 0 Å². The molecule has 21 heavy (non-hydrogen) atoms. The van der Waals surface area contributed by atoms with Crippen LogP contribution in [0.15, 0.2) is 41.0 Å². The lowest BCUT2D eigenvalue weighted by Gasteiger charge is -2.44. The van der Waals surface area contributed by atoms with E-state index in [1.54, 1.807) is 0 Å². The highest BCUT2D eigenvalue weighted by Crippen LogP contribution is 2.55. The molecule has 2 heteroatoms. The van der Waals surface area contributed by atoms with E-state index >= 15 is 0 Å². The van der Waals surface area contributed by atoms with Gasteiger partial charge in [0.2, 0.25) is 0 Å². The van der Waals surface area contributed by atoms with Gasteiger partial charge < -0.3 is 9.32 Å². The van der Waals surface area contributed by atoms with Crippen LogP contribution in [0.4, 0.5) is 5.69 Å². The first-order chi connectivity index (χ1) is 10.2. The van der Waals surface area contributed by atoms with E-state index in [1.165, 1.54) is 54.7 Å². The molecular formula is C19H23NO. The molecule has 0 radical (unpaired) electrons. The number of benzene rings is 1. The Hall–Kier alpha value is -1.70. The van der Waals surface area contributed by atoms with Crippen LogP contribution < -0.4 is 4.90 Å². The van der Waals surface area contributed by atoms with E-state index in [0.717, 1.165) is 0 Å². The molecule has 0 bridgehead atoms. The third kappa shape index (κ3) is 1.71. The second kappa shape index (κ2) is 4.66. The largest absolute Gasteiger partial charge is 0.466 e. The molecule has 1 unspecified atom stereocenters. The maximum Gasteiger partial charge on any atom is 0.134 e. The monoisotopic (exact) mass is 281 g/mol. The molecule has 110 valence electrons. The van der Waals surface area contributed by atoms with Gasteiger partial charge in [-0.15, -0.1) is 0 Å². The maximum absolute atomic E-state index is 5.99. The van der Waals surface area contributed by atoms with Gasteiger partial charge in [-0.05, 0) is 44.4 Å². The summed E-state index contributed by atoms with van der Waals surface area (Å²) in [5.74, 6) is 1.23. The number of rotatable bonds is 1. The molecule has 1 aromatic heterocycles. The summed E-state index contributed by atoms with van der Waals surface area (Å²) < 4.78 is 5.99. The van der Waals surface area contributed by atoms with Crippen LogP contribution in [0, 0.1) is 6.92 Å². The summed E-state index contributed by atoms with van der Waals surface area (Å²) in [5.41, 5.74) is 4.21. The van der Waals surface area contributed by atoms with E-state index in [9.17, 15) is 0 Å². The Labute approximate surface area is 126 Å². The van der Waals surface area contributed by atoms with Crippen molar-refractivity contribution in [3.8, 4) is 0 Å². The second-order valence-corrected chi connectivity index (χ2v) is 6.63. The minimum atomic E-state index is 0.0859. The summed E-state index contributed by atoms with van der Waals surface area (Å²) in [6.45, 7) is 4.54. The lowest BCUT2D eigenvalue weighted by Crippen LogP contribution is -2.44. The van der Waals surface area contributed by atoms with E-state index in [1.807, 2.05) is 6.26 Å². The van der Waals surface area contributed by atoms with Gasteiger partial charge in [0.1, 0.15) is 5.76 Å². The number of fused-ring (bicyclic) bond motifs is 2. The van der Waals surface area contributed by atoms with Crippen molar-refractivity contribution in [2.75, 3.05) is 4.90 Å². The number of hydrogen-bond acceptors (Lipinski definition) is 2. The highest BCUT2D eigenvalue weighted by Gasteiger charge is 2.51. The van der Waals surface area contributed by atoms with Gasteiger partial charge in [-0.2, -0.15) is 0 Å². The Bertz CT molecular complexity index is 651. The molecule has 1 aliphatic carbocycles. The van der Waals surface area contributed by atoms with Crippen LogP contribution in [0.3, 0.4) is 0 Å². The van der Waals surface area contributed by atoms with Crippen molar-refractivity contribution in [3.05, 3.63) is 53.5 Å². The molecule has 2 nitrogen and oxygen atoms in total. The van der Waals surface area contributed by atoms with E-state index in [4.69, 9.17) is 4.42 Å². The van der Waals surface area contributed by atoms with Crippen LogP contribution in [-0.2, 0) is 5.54 Å². The molecule has 2 heterocycles. The van der Waals surface area contributed by atoms with Gasteiger partial charge in [0.25, 0.3) is 0 Å². The Morgan fingerprint density at radius 2 is 1.86 bits per heavy atom. The molecule has 1 fully saturated rings. The molecule has 4 rings (SSSR count). The van der Waals surface area contributed by atoms with Crippen LogP contribution >= 0.6 is 0 Å². The maximum atomic E-state index is 5.99. The van der Waals surface area contributed by atoms with Crippen molar-refractivity contribution < 1.29 is 4.42 Å². The van der Waals surface area contributed by atoms with Gasteiger partial charge in [-0.25, -0.2) is 0 Å². The number of aryl methyl sites for hydroxylation is 1. The zero-order valence-electron chi connectivity index (χ0n) is 12.9. The third-order valence-corrected chi connectivity index (χ3v) is 5.47. The normalized spacial score (nSPS) is 23.5. The van der Waals surface area contributed by atoms with Crippen LogP contribution in [0.5, 0.6) is 0 Å². The van der Waals surface area contributed by atoms with Crippen molar-refractivity contribution >= 4 is 5.69 Å². The summed E-state index contributed by atoms with van der Waals surface area (Å²) in [6.07, 6.45) is 8.27. The number of para-hydroxylation sites is 1. The molecule has 2 aliphatic rings. The topological polar surface area (TPSA) is 16.4 Å². The average Bonchev–Trinajstić information content (AvgIpc) is 3.06. The van der Waals surface area contributed by atoms with Gasteiger partial charge in [0.15, 0.2) is 0 Å². The zero-order chi connectivity index (χ0) is 14.4. The molecule has 0 N–H and O–H groups in total. The SMILES string of the molecule is Cc1ccccc1N1C(C)c2ccoc2C12CCCCC2. The minimum Gasteiger partial charge on any atom is -0.466 e. The number of hydrogen-bond donors (Lipinski definition) is 0. The van der Waals surface area contributed by atoms with Crippen LogP contribution in [0.25, 0.3) is 0 Å². The zero-order valence-corrected chi connectivity index (χ0v) is 12.9. The first kappa shape index (κ1) is 13.0. The Morgan fingerprint density at radius 3 is 2.62 bits per heavy atom. The highest BCUT2D eigenvalue weighted by atomic mass is 16.3. The summed E-state index contributed by atoms with van der Waals surface area (Å²) in [6, 6.07) is 11.4. The van der Waals surface area contributed by atoms with Gasteiger partial charge in [-0.1, -0.05) is 37.5 Å². The lowest BCUT2D eigenvalue weighted by molar-refractivity contribution is 0.243. The summed E-state index contributed by atoms with van der Waals surface area (Å²) in [5, 5.41) is 0. The van der Waals surface area contributed by atoms with Gasteiger partial charge in [-0.3, -0.25) is 0 Å². The van der Waals surface area contributed by atoms with Crippen LogP contribution in [0.2, 0.25) is 0 Å². The molecule has 1 spiro atoms. The lowest BCUT2D eigenvalue weighted by atomic mass is 9.79. The summed E-state index contributed by atoms with van der Waals surface area (Å²) in [7, 11) is 0. The quantitative estimate of drug-likeness (QED) is 0.702. The molecular weight excluding hydrogens is 258 g/mol. The standard InChI is InChI=1S/C19H23NO/c1-14-8-4-5-9-17(14)20-15(2)16-10-13-21-18(16)19(20)11-6-3-7-12-19/h4-5,8-10,13,15H,3,6-7,11-12H2,1-2H3. The fraction of sp³-hybridized carbons (Fsp3) is 0.474. The van der Waals surface area contributed by atoms with Crippen molar-refractivity contribution in [2.45, 2.75) is 57.5 Å². The molecule has 0 amide bonds. The number of nitrogens with zero attached hydrogens (tertiary/aromatic N) is 1. The van der Waals surface area contributed by atoms with E-state index in [2.05, 4.69) is 49.1 Å². The van der Waals surface area contributed by atoms with Gasteiger partial charge in [0.05, 0.1) is 17.8 Å². The van der Waals surface area contributed by atoms with Crippen molar-refractivity contribution in [1.29, 1.82) is 0 Å². The number of anilines is 1. The van der Waals surface area contributed by atoms with Crippen LogP contribution in [-0.4, -0.2) is 0 Å². The summed E-state index contributed by atoms with van der Waals surface area (Å²) in [4.78, 5) is 2.65. The Kier molecular flexibility index (Phi) is 2.88. The van der Waals surface area contributed by atoms with E-state index in [0.29, 0.717) is 6.04 Å². The van der Waals surface area contributed by atoms with E-state index < -0.39 is 0 Å². The Morgan fingerprint density at radius 1 is 1.10 bits per heavy atom. The fourth-order valence-corrected chi connectivity index (χ4v) is 4.52. The average molecular weight is 281 g/mol. The smallest absolute Gasteiger partial charge is 0.134 e. The molecule has 0 saturated heterocycles. The predicted molar refractivity (Wildman–Crippen MR) is 85.5 cm³/mol. The second-order valence-electron chi connectivity index (χ2n) is 6.63. The van der Waals surface area contributed by atoms with Gasteiger partial charge >= 0.3 is 0 Å². The first-order valence-corrected chi connectivity index (χ1v) is 8.17. The summed E-state index contributed by atoms with van der Waals surface area (Å²) >= 11 is 0. The van der Waals surface area contributed by atoms with Crippen molar-refractivity contribution in [3.63, 3.8) is 0 Å². The van der Waals surface area contributed by atoms with Gasteiger partial charge in [0, 0.05) is 11.3 Å². The molecule has 1 aromatic carbocycles. The third-order valence-electron chi connectivity index (χ3n) is 5.47. The minimum absolute atomic E-state index is 0.0859. The first-order valence-electron chi connectivity index (χ1n) is 8.17.